The van der Waals surface area contributed by atoms with E-state index in [0.29, 0.717) is 0 Å². The Kier molecular flexibility index (Phi) is 4.62. The number of hydrogen-bond acceptors (Lipinski definition) is 2. The topological polar surface area (TPSA) is 30.1 Å². The van der Waals surface area contributed by atoms with Crippen molar-refractivity contribution >= 4 is 73.3 Å². The first-order chi connectivity index (χ1) is 20.2. The number of nitrogens with one attached hydrogen (secondary N) is 1. The van der Waals surface area contributed by atoms with Crippen molar-refractivity contribution in [3.63, 3.8) is 0 Å². The van der Waals surface area contributed by atoms with Gasteiger partial charge in [0.1, 0.15) is 11.2 Å². The molecule has 0 atom stereocenters. The molecule has 6 aromatic carbocycles. The van der Waals surface area contributed by atoms with Gasteiger partial charge in [0.25, 0.3) is 0 Å². The van der Waals surface area contributed by atoms with E-state index in [1.54, 1.807) is 0 Å². The maximum Gasteiger partial charge on any atom is 0.198 e. The number of nitrogens with zero attached hydrogens (tertiary/aromatic N) is 1. The maximum atomic E-state index is 6.34. The zero-order valence-electron chi connectivity index (χ0n) is 22.6. The summed E-state index contributed by atoms with van der Waals surface area (Å²) >= 11 is 0. The van der Waals surface area contributed by atoms with Crippen LogP contribution in [0.1, 0.15) is 5.56 Å². The summed E-state index contributed by atoms with van der Waals surface area (Å²) < 4.78 is 8.84. The molecule has 1 aliphatic rings. The summed E-state index contributed by atoms with van der Waals surface area (Å²) in [5.74, 6) is 0. The van der Waals surface area contributed by atoms with Crippen LogP contribution in [-0.4, -0.2) is 11.8 Å². The third kappa shape index (κ3) is 3.22. The summed E-state index contributed by atoms with van der Waals surface area (Å²) in [5.41, 5.74) is 14.2. The maximum absolute atomic E-state index is 6.34. The van der Waals surface area contributed by atoms with Crippen molar-refractivity contribution in [1.29, 1.82) is 0 Å². The molecule has 8 aromatic rings. The molecule has 0 radical (unpaired) electrons. The van der Waals surface area contributed by atoms with Gasteiger partial charge in [0.15, 0.2) is 7.28 Å². The number of hydrogen-bond donors (Lipinski definition) is 1. The molecule has 0 aliphatic carbocycles. The molecular weight excluding hydrogens is 499 g/mol. The zero-order chi connectivity index (χ0) is 27.1. The van der Waals surface area contributed by atoms with Crippen molar-refractivity contribution in [2.75, 3.05) is 5.32 Å². The molecule has 0 spiro atoms. The minimum absolute atomic E-state index is 0.882. The molecule has 9 rings (SSSR count). The first-order valence-corrected chi connectivity index (χ1v) is 14.2. The van der Waals surface area contributed by atoms with Crippen LogP contribution in [0, 0.1) is 6.92 Å². The predicted molar refractivity (Wildman–Crippen MR) is 174 cm³/mol. The van der Waals surface area contributed by atoms with Gasteiger partial charge in [0, 0.05) is 50.1 Å². The van der Waals surface area contributed by atoms with Crippen LogP contribution < -0.4 is 16.2 Å². The van der Waals surface area contributed by atoms with Crippen molar-refractivity contribution in [3.8, 4) is 16.8 Å². The molecule has 0 unspecified atom stereocenters. The van der Waals surface area contributed by atoms with E-state index < -0.39 is 0 Å². The third-order valence-electron chi connectivity index (χ3n) is 8.70. The van der Waals surface area contributed by atoms with Gasteiger partial charge in [-0.05, 0) is 59.9 Å². The van der Waals surface area contributed by atoms with Crippen molar-refractivity contribution in [2.45, 2.75) is 6.92 Å². The fourth-order valence-electron chi connectivity index (χ4n) is 6.94. The van der Waals surface area contributed by atoms with Crippen LogP contribution in [0.4, 0.5) is 11.4 Å². The summed E-state index contributed by atoms with van der Waals surface area (Å²) in [4.78, 5) is 0. The summed E-state index contributed by atoms with van der Waals surface area (Å²) in [7, 11) is 0.882. The van der Waals surface area contributed by atoms with Gasteiger partial charge < -0.3 is 14.3 Å². The van der Waals surface area contributed by atoms with Crippen LogP contribution in [0.3, 0.4) is 0 Å². The van der Waals surface area contributed by atoms with Crippen molar-refractivity contribution in [3.05, 3.63) is 127 Å². The minimum atomic E-state index is 0.882. The van der Waals surface area contributed by atoms with Gasteiger partial charge in [-0.25, -0.2) is 0 Å². The Morgan fingerprint density at radius 3 is 2.32 bits per heavy atom. The zero-order valence-corrected chi connectivity index (χ0v) is 22.6. The fraction of sp³-hybridized carbons (Fsp3) is 0.0270. The number of aryl methyl sites for hydroxylation is 1. The number of para-hydroxylation sites is 4. The van der Waals surface area contributed by atoms with Crippen LogP contribution in [0.25, 0.3) is 60.6 Å². The molecule has 3 heterocycles. The Morgan fingerprint density at radius 2 is 1.41 bits per heavy atom. The Bertz CT molecular complexity index is 2330. The van der Waals surface area contributed by atoms with Crippen LogP contribution in [0.5, 0.6) is 0 Å². The van der Waals surface area contributed by atoms with E-state index in [1.807, 2.05) is 12.1 Å². The lowest BCUT2D eigenvalue weighted by molar-refractivity contribution is 0.669. The van der Waals surface area contributed by atoms with Gasteiger partial charge in [0.2, 0.25) is 0 Å². The highest BCUT2D eigenvalue weighted by Crippen LogP contribution is 2.42. The average Bonchev–Trinajstić information content (AvgIpc) is 3.56. The first-order valence-electron chi connectivity index (χ1n) is 14.2. The molecule has 0 saturated heterocycles. The second kappa shape index (κ2) is 8.39. The molecule has 3 nitrogen and oxygen atoms in total. The Balaban J connectivity index is 1.41. The SMILES string of the molecule is Cc1cc(-c2cc3c(cc2Nc2ccccc2)oc2ccccc23)c2c3c1c1ccccc1n3-c1ccccc1B2. The van der Waals surface area contributed by atoms with E-state index in [2.05, 4.69) is 126 Å². The van der Waals surface area contributed by atoms with Gasteiger partial charge in [-0.1, -0.05) is 84.3 Å². The number of rotatable bonds is 3. The van der Waals surface area contributed by atoms with Crippen LogP contribution in [0.15, 0.2) is 126 Å². The van der Waals surface area contributed by atoms with Crippen LogP contribution in [0.2, 0.25) is 0 Å². The van der Waals surface area contributed by atoms with Crippen molar-refractivity contribution < 1.29 is 4.42 Å². The van der Waals surface area contributed by atoms with Gasteiger partial charge in [-0.3, -0.25) is 0 Å². The summed E-state index contributed by atoms with van der Waals surface area (Å²) in [6, 6.07) is 43.3. The number of aromatic nitrogens is 1. The van der Waals surface area contributed by atoms with E-state index >= 15 is 0 Å². The lowest BCUT2D eigenvalue weighted by Crippen LogP contribution is -2.37. The van der Waals surface area contributed by atoms with Gasteiger partial charge in [0.05, 0.1) is 11.2 Å². The fourth-order valence-corrected chi connectivity index (χ4v) is 6.94. The third-order valence-corrected chi connectivity index (χ3v) is 8.70. The molecule has 4 heteroatoms. The Morgan fingerprint density at radius 1 is 0.659 bits per heavy atom. The Hall–Kier alpha value is -5.22. The number of fused-ring (bicyclic) bond motifs is 8. The van der Waals surface area contributed by atoms with Gasteiger partial charge in [-0.2, -0.15) is 0 Å². The number of benzene rings is 6. The summed E-state index contributed by atoms with van der Waals surface area (Å²) in [6.45, 7) is 2.26. The molecule has 1 N–H and O–H groups in total. The van der Waals surface area contributed by atoms with Gasteiger partial charge >= 0.3 is 0 Å². The summed E-state index contributed by atoms with van der Waals surface area (Å²) in [5, 5.41) is 8.67. The number of furan rings is 1. The molecule has 41 heavy (non-hydrogen) atoms. The van der Waals surface area contributed by atoms with E-state index in [-0.39, 0.29) is 0 Å². The molecule has 0 saturated carbocycles. The van der Waals surface area contributed by atoms with Crippen LogP contribution >= 0.6 is 0 Å². The highest BCUT2D eigenvalue weighted by molar-refractivity contribution is 6.73. The molecule has 0 fully saturated rings. The monoisotopic (exact) mass is 524 g/mol. The van der Waals surface area contributed by atoms with E-state index in [1.165, 1.54) is 55.1 Å². The highest BCUT2D eigenvalue weighted by Gasteiger charge is 2.27. The standard InChI is InChI=1S/C37H25BN2O/c1-22-19-28(36-37-35(22)25-14-5-8-16-31(25)40(37)32-17-9-7-15-29(32)38-36)26-20-27-24-13-6-10-18-33(24)41-34(27)21-30(26)39-23-11-3-2-4-12-23/h2-21,38-39H,1H3. The van der Waals surface area contributed by atoms with E-state index in [0.717, 1.165) is 40.6 Å². The molecule has 0 bridgehead atoms. The lowest BCUT2D eigenvalue weighted by Gasteiger charge is -2.24. The molecule has 1 aliphatic heterocycles. The smallest absolute Gasteiger partial charge is 0.198 e. The second-order valence-electron chi connectivity index (χ2n) is 11.1. The van der Waals surface area contributed by atoms with Gasteiger partial charge in [-0.15, -0.1) is 0 Å². The summed E-state index contributed by atoms with van der Waals surface area (Å²) in [6.07, 6.45) is 0. The highest BCUT2D eigenvalue weighted by atomic mass is 16.3. The second-order valence-corrected chi connectivity index (χ2v) is 11.1. The quantitative estimate of drug-likeness (QED) is 0.237. The largest absolute Gasteiger partial charge is 0.456 e. The molecule has 192 valence electrons. The molecule has 0 amide bonds. The molecular formula is C37H25BN2O. The van der Waals surface area contributed by atoms with Crippen molar-refractivity contribution in [2.24, 2.45) is 0 Å². The lowest BCUT2D eigenvalue weighted by atomic mass is 9.59. The van der Waals surface area contributed by atoms with E-state index in [4.69, 9.17) is 4.42 Å². The first kappa shape index (κ1) is 22.6. The predicted octanol–water partition coefficient (Wildman–Crippen LogP) is 8.10. The normalized spacial score (nSPS) is 12.2. The van der Waals surface area contributed by atoms with Crippen molar-refractivity contribution in [1.82, 2.24) is 4.57 Å². The number of anilines is 2. The molecule has 2 aromatic heterocycles. The Labute approximate surface area is 237 Å². The minimum Gasteiger partial charge on any atom is -0.456 e. The van der Waals surface area contributed by atoms with Crippen LogP contribution in [-0.2, 0) is 0 Å². The average molecular weight is 524 g/mol. The van der Waals surface area contributed by atoms with E-state index in [9.17, 15) is 0 Å².